The average molecular weight is 540 g/mol. The van der Waals surface area contributed by atoms with Gasteiger partial charge in [0.25, 0.3) is 5.56 Å². The Kier molecular flexibility index (Phi) is 8.08. The predicted octanol–water partition coefficient (Wildman–Crippen LogP) is 4.87. The third-order valence-electron chi connectivity index (χ3n) is 7.62. The Morgan fingerprint density at radius 3 is 2.52 bits per heavy atom. The maximum atomic E-state index is 14.2. The number of aryl methyl sites for hydroxylation is 2. The lowest BCUT2D eigenvalue weighted by Crippen LogP contribution is -2.35. The molecule has 0 aliphatic heterocycles. The van der Waals surface area contributed by atoms with E-state index in [2.05, 4.69) is 18.0 Å². The third kappa shape index (κ3) is 5.54. The number of benzene rings is 2. The fourth-order valence-electron chi connectivity index (χ4n) is 5.73. The number of aromatic nitrogens is 4. The summed E-state index contributed by atoms with van der Waals surface area (Å²) in [5, 5.41) is 23.1. The highest BCUT2D eigenvalue weighted by molar-refractivity contribution is 5.70. The molecule has 0 amide bonds. The van der Waals surface area contributed by atoms with E-state index in [1.54, 1.807) is 4.57 Å². The molecule has 1 saturated carbocycles. The second kappa shape index (κ2) is 11.8. The Hall–Kier alpha value is -4.29. The molecule has 1 aliphatic rings. The maximum Gasteiger partial charge on any atom is 0.329 e. The second-order valence-corrected chi connectivity index (χ2v) is 10.4. The molecule has 0 unspecified atom stereocenters. The van der Waals surface area contributed by atoms with Gasteiger partial charge < -0.3 is 9.84 Å². The molecule has 0 radical (unpaired) electrons. The number of carbonyl (C=O) groups is 1. The monoisotopic (exact) mass is 539 g/mol. The zero-order valence-electron chi connectivity index (χ0n) is 22.8. The van der Waals surface area contributed by atoms with E-state index in [9.17, 15) is 14.9 Å². The van der Waals surface area contributed by atoms with Crippen LogP contribution in [0.1, 0.15) is 73.3 Å². The topological polar surface area (TPSA) is 123 Å². The van der Waals surface area contributed by atoms with Crippen molar-refractivity contribution in [2.75, 3.05) is 6.61 Å². The van der Waals surface area contributed by atoms with Crippen molar-refractivity contribution >= 4 is 11.7 Å². The van der Waals surface area contributed by atoms with Gasteiger partial charge in [-0.25, -0.2) is 9.31 Å². The smallest absolute Gasteiger partial charge is 0.329 e. The lowest BCUT2D eigenvalue weighted by atomic mass is 9.92. The molecule has 1 aliphatic carbocycles. The van der Waals surface area contributed by atoms with Crippen molar-refractivity contribution in [1.82, 2.24) is 19.2 Å². The van der Waals surface area contributed by atoms with E-state index in [1.807, 2.05) is 60.0 Å². The zero-order valence-corrected chi connectivity index (χ0v) is 22.8. The van der Waals surface area contributed by atoms with Crippen LogP contribution < -0.4 is 5.56 Å². The van der Waals surface area contributed by atoms with Crippen LogP contribution in [0.15, 0.2) is 53.3 Å². The summed E-state index contributed by atoms with van der Waals surface area (Å²) in [6.07, 6.45) is 4.66. The summed E-state index contributed by atoms with van der Waals surface area (Å²) in [4.78, 5) is 29.8. The van der Waals surface area contributed by atoms with Crippen LogP contribution in [-0.2, 0) is 22.4 Å². The van der Waals surface area contributed by atoms with Crippen LogP contribution in [0.5, 0.6) is 0 Å². The number of nitriles is 1. The van der Waals surface area contributed by atoms with Crippen molar-refractivity contribution in [3.63, 3.8) is 0 Å². The first-order valence-electron chi connectivity index (χ1n) is 13.8. The molecule has 9 heteroatoms. The van der Waals surface area contributed by atoms with Crippen molar-refractivity contribution < 1.29 is 14.6 Å². The Balaban J connectivity index is 1.50. The molecule has 1 N–H and O–H groups in total. The third-order valence-corrected chi connectivity index (χ3v) is 7.62. The van der Waals surface area contributed by atoms with Crippen LogP contribution >= 0.6 is 0 Å². The van der Waals surface area contributed by atoms with Crippen LogP contribution in [0.3, 0.4) is 0 Å². The summed E-state index contributed by atoms with van der Waals surface area (Å²) in [6, 6.07) is 17.7. The number of hydrogen-bond acceptors (Lipinski definition) is 6. The first kappa shape index (κ1) is 27.3. The summed E-state index contributed by atoms with van der Waals surface area (Å²) in [5.74, 6) is 0.201. The molecule has 0 spiro atoms. The summed E-state index contributed by atoms with van der Waals surface area (Å²) in [7, 11) is 0. The van der Waals surface area contributed by atoms with E-state index >= 15 is 0 Å². The molecule has 4 aromatic rings. The molecule has 206 valence electrons. The minimum absolute atomic E-state index is 0.0443. The number of nitrogens with zero attached hydrogens (tertiary/aromatic N) is 5. The zero-order chi connectivity index (χ0) is 28.2. The van der Waals surface area contributed by atoms with Gasteiger partial charge in [-0.15, -0.1) is 0 Å². The molecule has 2 heterocycles. The molecule has 0 atom stereocenters. The SMILES string of the molecule is CCCc1c(Cc2ccc(-c3ccccc3C#N)cc2)c(=O)n(C2CCC(OCC(=O)O)CC2)c2nc(C)nn12. The molecule has 40 heavy (non-hydrogen) atoms. The Labute approximate surface area is 232 Å². The minimum atomic E-state index is -0.975. The van der Waals surface area contributed by atoms with Crippen molar-refractivity contribution in [2.45, 2.75) is 70.9 Å². The highest BCUT2D eigenvalue weighted by Gasteiger charge is 2.28. The molecule has 2 aromatic carbocycles. The summed E-state index contributed by atoms with van der Waals surface area (Å²) >= 11 is 0. The second-order valence-electron chi connectivity index (χ2n) is 10.4. The van der Waals surface area contributed by atoms with Crippen LogP contribution in [0.25, 0.3) is 16.9 Å². The molecule has 0 bridgehead atoms. The van der Waals surface area contributed by atoms with Gasteiger partial charge in [-0.05, 0) is 61.8 Å². The Bertz CT molecular complexity index is 1620. The quantitative estimate of drug-likeness (QED) is 0.322. The molecular weight excluding hydrogens is 506 g/mol. The summed E-state index contributed by atoms with van der Waals surface area (Å²) in [6.45, 7) is 3.62. The van der Waals surface area contributed by atoms with E-state index in [-0.39, 0.29) is 24.3 Å². The standard InChI is InChI=1S/C31H33N5O4/c1-3-6-28-27(17-21-9-11-22(12-10-21)26-8-5-4-7-23(26)18-32)30(39)35(31-33-20(2)34-36(28)31)24-13-15-25(16-14-24)40-19-29(37)38/h4-5,7-12,24-25H,3,6,13-17,19H2,1-2H3,(H,37,38). The van der Waals surface area contributed by atoms with E-state index in [1.165, 1.54) is 0 Å². The molecule has 9 nitrogen and oxygen atoms in total. The van der Waals surface area contributed by atoms with Crippen LogP contribution in [0, 0.1) is 18.3 Å². The fraction of sp³-hybridized carbons (Fsp3) is 0.387. The van der Waals surface area contributed by atoms with Crippen molar-refractivity contribution in [1.29, 1.82) is 5.26 Å². The number of carboxylic acids is 1. The predicted molar refractivity (Wildman–Crippen MR) is 150 cm³/mol. The largest absolute Gasteiger partial charge is 0.480 e. The van der Waals surface area contributed by atoms with Gasteiger partial charge in [0.1, 0.15) is 12.4 Å². The number of carboxylic acid groups (broad SMARTS) is 1. The highest BCUT2D eigenvalue weighted by Crippen LogP contribution is 2.31. The van der Waals surface area contributed by atoms with Gasteiger partial charge >= 0.3 is 5.97 Å². The van der Waals surface area contributed by atoms with Crippen molar-refractivity contribution in [2.24, 2.45) is 0 Å². The number of aliphatic carboxylic acids is 1. The summed E-state index contributed by atoms with van der Waals surface area (Å²) in [5.41, 5.74) is 5.02. The highest BCUT2D eigenvalue weighted by atomic mass is 16.5. The van der Waals surface area contributed by atoms with E-state index in [0.717, 1.165) is 28.8 Å². The minimum Gasteiger partial charge on any atom is -0.480 e. The number of ether oxygens (including phenoxy) is 1. The molecular formula is C31H33N5O4. The van der Waals surface area contributed by atoms with E-state index in [4.69, 9.17) is 14.9 Å². The normalized spacial score (nSPS) is 17.1. The molecule has 5 rings (SSSR count). The van der Waals surface area contributed by atoms with Gasteiger partial charge in [0, 0.05) is 18.0 Å². The average Bonchev–Trinajstić information content (AvgIpc) is 3.35. The summed E-state index contributed by atoms with van der Waals surface area (Å²) < 4.78 is 9.17. The Morgan fingerprint density at radius 2 is 1.85 bits per heavy atom. The van der Waals surface area contributed by atoms with Gasteiger partial charge in [-0.3, -0.25) is 9.36 Å². The Morgan fingerprint density at radius 1 is 1.12 bits per heavy atom. The van der Waals surface area contributed by atoms with Gasteiger partial charge in [0.05, 0.1) is 23.4 Å². The maximum absolute atomic E-state index is 14.2. The molecule has 2 aromatic heterocycles. The first-order chi connectivity index (χ1) is 19.4. The lowest BCUT2D eigenvalue weighted by molar-refractivity contribution is -0.145. The van der Waals surface area contributed by atoms with Gasteiger partial charge in [-0.2, -0.15) is 15.3 Å². The van der Waals surface area contributed by atoms with Crippen LogP contribution in [0.4, 0.5) is 0 Å². The van der Waals surface area contributed by atoms with Crippen molar-refractivity contribution in [3.05, 3.63) is 87.1 Å². The first-order valence-corrected chi connectivity index (χ1v) is 13.8. The van der Waals surface area contributed by atoms with Gasteiger partial charge in [0.2, 0.25) is 5.78 Å². The van der Waals surface area contributed by atoms with Gasteiger partial charge in [-0.1, -0.05) is 55.8 Å². The number of rotatable bonds is 9. The van der Waals surface area contributed by atoms with Crippen LogP contribution in [0.2, 0.25) is 0 Å². The van der Waals surface area contributed by atoms with E-state index in [0.29, 0.717) is 61.3 Å². The van der Waals surface area contributed by atoms with Gasteiger partial charge in [0.15, 0.2) is 0 Å². The lowest BCUT2D eigenvalue weighted by Gasteiger charge is -2.30. The fourth-order valence-corrected chi connectivity index (χ4v) is 5.73. The number of hydrogen-bond donors (Lipinski definition) is 1. The van der Waals surface area contributed by atoms with Crippen molar-refractivity contribution in [3.8, 4) is 17.2 Å². The van der Waals surface area contributed by atoms with Crippen LogP contribution in [-0.4, -0.2) is 43.0 Å². The van der Waals surface area contributed by atoms with E-state index < -0.39 is 5.97 Å². The molecule has 1 fully saturated rings. The number of fused-ring (bicyclic) bond motifs is 1. The molecule has 0 saturated heterocycles.